The van der Waals surface area contributed by atoms with Crippen LogP contribution < -0.4 is 33.1 Å². The number of hydrogen-bond donors (Lipinski definition) is 6. The number of methoxy groups -OCH3 is 1. The van der Waals surface area contributed by atoms with Crippen molar-refractivity contribution >= 4 is 29.7 Å². The van der Waals surface area contributed by atoms with Gasteiger partial charge in [0.2, 0.25) is 0 Å². The molecule has 8 N–H and O–H groups in total. The largest absolute Gasteiger partial charge is 0.469 e. The van der Waals surface area contributed by atoms with Crippen LogP contribution in [-0.4, -0.2) is 66.8 Å². The summed E-state index contributed by atoms with van der Waals surface area (Å²) >= 11 is 0. The lowest BCUT2D eigenvalue weighted by Crippen LogP contribution is -2.33. The van der Waals surface area contributed by atoms with Crippen LogP contribution in [0.25, 0.3) is 34.0 Å². The van der Waals surface area contributed by atoms with Crippen LogP contribution in [0.15, 0.2) is 36.8 Å². The van der Waals surface area contributed by atoms with Crippen LogP contribution in [0.1, 0.15) is 39.5 Å². The van der Waals surface area contributed by atoms with Gasteiger partial charge >= 0.3 is 18.0 Å². The maximum absolute atomic E-state index is 16.3. The molecule has 4 aromatic rings. The Kier molecular flexibility index (Phi) is 10.9. The van der Waals surface area contributed by atoms with Crippen molar-refractivity contribution in [2.45, 2.75) is 45.6 Å². The van der Waals surface area contributed by atoms with Gasteiger partial charge < -0.3 is 26.8 Å². The minimum atomic E-state index is -1.08. The van der Waals surface area contributed by atoms with E-state index in [0.717, 1.165) is 21.5 Å². The number of amides is 2. The van der Waals surface area contributed by atoms with Gasteiger partial charge in [-0.15, -0.1) is 0 Å². The molecule has 0 radical (unpaired) electrons. The number of hydrogen-bond acceptors (Lipinski definition) is 12. The van der Waals surface area contributed by atoms with Gasteiger partial charge in [0.05, 0.1) is 13.3 Å². The van der Waals surface area contributed by atoms with Gasteiger partial charge in [-0.1, -0.05) is 6.42 Å². The molecule has 0 unspecified atom stereocenters. The second-order valence-electron chi connectivity index (χ2n) is 10.8. The number of halogens is 2. The lowest BCUT2D eigenvalue weighted by atomic mass is 10.1. The second-order valence-corrected chi connectivity index (χ2v) is 10.8. The van der Waals surface area contributed by atoms with Gasteiger partial charge in [0.1, 0.15) is 16.7 Å². The quantitative estimate of drug-likeness (QED) is 0.0955. The second kappa shape index (κ2) is 15.0. The number of nitrogens with two attached hydrogens (primary N) is 2. The first-order valence-corrected chi connectivity index (χ1v) is 14.7. The van der Waals surface area contributed by atoms with E-state index < -0.39 is 34.9 Å². The Morgan fingerprint density at radius 2 is 1.62 bits per heavy atom. The number of primary amides is 2. The standard InChI is InChI=1S/C30H34F2N12O4/c1-15(2)39-27-19(31)12-38-25(41-27)17-11-18(24(34)44(14-17)30(36)47)23-22(32)28(37-10-6-4-5-7-21(45)48-3)42-26(40-23)16-8-9-20(33)43(13-16)29(35)46/h8-9,11-15,33-34H,4-7,10H2,1-3H3,(H2,35,46)(H2,36,47)(H,37,40,42)(H,38,39,41). The molecule has 0 fully saturated rings. The number of esters is 1. The first-order chi connectivity index (χ1) is 22.8. The molecular weight excluding hydrogens is 630 g/mol. The maximum atomic E-state index is 16.3. The van der Waals surface area contributed by atoms with E-state index >= 15 is 4.39 Å². The highest BCUT2D eigenvalue weighted by Crippen LogP contribution is 2.29. The number of pyridine rings is 2. The molecule has 0 saturated heterocycles. The summed E-state index contributed by atoms with van der Waals surface area (Å²) in [7, 11) is 1.30. The Labute approximate surface area is 272 Å². The van der Waals surface area contributed by atoms with Crippen LogP contribution in [-0.2, 0) is 9.53 Å². The van der Waals surface area contributed by atoms with E-state index in [1.54, 1.807) is 13.8 Å². The minimum absolute atomic E-state index is 0.0654. The normalized spacial score (nSPS) is 11.0. The summed E-state index contributed by atoms with van der Waals surface area (Å²) in [6, 6.07) is 1.77. The lowest BCUT2D eigenvalue weighted by Gasteiger charge is -2.15. The highest BCUT2D eigenvalue weighted by Gasteiger charge is 2.22. The molecule has 0 atom stereocenters. The molecular formula is C30H34F2N12O4. The van der Waals surface area contributed by atoms with Gasteiger partial charge in [0, 0.05) is 48.1 Å². The third kappa shape index (κ3) is 8.01. The maximum Gasteiger partial charge on any atom is 0.324 e. The van der Waals surface area contributed by atoms with Crippen molar-refractivity contribution in [2.24, 2.45) is 11.5 Å². The van der Waals surface area contributed by atoms with Gasteiger partial charge in [-0.2, -0.15) is 0 Å². The van der Waals surface area contributed by atoms with E-state index in [9.17, 15) is 18.8 Å². The molecule has 2 amide bonds. The van der Waals surface area contributed by atoms with Crippen molar-refractivity contribution in [1.29, 1.82) is 10.8 Å². The van der Waals surface area contributed by atoms with Crippen LogP contribution in [0, 0.1) is 22.5 Å². The first kappa shape index (κ1) is 34.8. The van der Waals surface area contributed by atoms with Gasteiger partial charge in [-0.25, -0.2) is 38.3 Å². The summed E-state index contributed by atoms with van der Waals surface area (Å²) in [5.74, 6) is -2.64. The highest BCUT2D eigenvalue weighted by molar-refractivity contribution is 5.80. The molecule has 252 valence electrons. The van der Waals surface area contributed by atoms with Crippen molar-refractivity contribution in [2.75, 3.05) is 24.3 Å². The molecule has 0 bridgehead atoms. The highest BCUT2D eigenvalue weighted by atomic mass is 19.1. The molecule has 0 spiro atoms. The number of unbranched alkanes of at least 4 members (excludes halogenated alkanes) is 2. The minimum Gasteiger partial charge on any atom is -0.469 e. The number of ether oxygens (including phenoxy) is 1. The number of carbonyl (C=O) groups is 3. The zero-order valence-corrected chi connectivity index (χ0v) is 26.3. The first-order valence-electron chi connectivity index (χ1n) is 14.7. The van der Waals surface area contributed by atoms with E-state index in [1.807, 2.05) is 0 Å². The average molecular weight is 665 g/mol. The summed E-state index contributed by atoms with van der Waals surface area (Å²) in [4.78, 5) is 52.7. The number of aromatic nitrogens is 6. The molecule has 0 aliphatic rings. The van der Waals surface area contributed by atoms with Gasteiger partial charge in [0.15, 0.2) is 34.9 Å². The average Bonchev–Trinajstić information content (AvgIpc) is 3.04. The van der Waals surface area contributed by atoms with E-state index in [2.05, 4.69) is 35.3 Å². The van der Waals surface area contributed by atoms with Crippen molar-refractivity contribution < 1.29 is 27.9 Å². The number of nitrogens with zero attached hydrogens (tertiary/aromatic N) is 6. The monoisotopic (exact) mass is 664 g/mol. The van der Waals surface area contributed by atoms with Crippen molar-refractivity contribution in [1.82, 2.24) is 29.1 Å². The molecule has 0 aliphatic heterocycles. The predicted molar refractivity (Wildman–Crippen MR) is 169 cm³/mol. The molecule has 18 heteroatoms. The van der Waals surface area contributed by atoms with E-state index in [-0.39, 0.29) is 70.4 Å². The third-order valence-electron chi connectivity index (χ3n) is 6.86. The van der Waals surface area contributed by atoms with Crippen molar-refractivity contribution in [3.8, 4) is 34.0 Å². The van der Waals surface area contributed by atoms with Gasteiger partial charge in [-0.05, 0) is 44.9 Å². The Bertz CT molecular complexity index is 1990. The summed E-state index contributed by atoms with van der Waals surface area (Å²) in [5.41, 5.74) is 9.80. The van der Waals surface area contributed by atoms with Crippen LogP contribution >= 0.6 is 0 Å². The Morgan fingerprint density at radius 3 is 2.29 bits per heavy atom. The SMILES string of the molecule is COC(=O)CCCCCNc1nc(-c2ccc(=N)n(C(N)=O)c2)nc(-c2cc(-c3ncc(F)c(NC(C)C)n3)cn(C(N)=O)c2=N)c1F. The fourth-order valence-electron chi connectivity index (χ4n) is 4.52. The van der Waals surface area contributed by atoms with E-state index in [1.165, 1.54) is 31.5 Å². The fraction of sp³-hybridized carbons (Fsp3) is 0.300. The van der Waals surface area contributed by atoms with Gasteiger partial charge in [0.25, 0.3) is 0 Å². The van der Waals surface area contributed by atoms with E-state index in [0.29, 0.717) is 19.3 Å². The molecule has 4 aromatic heterocycles. The molecule has 0 aliphatic carbocycles. The van der Waals surface area contributed by atoms with Crippen LogP contribution in [0.5, 0.6) is 0 Å². The molecule has 48 heavy (non-hydrogen) atoms. The zero-order chi connectivity index (χ0) is 35.1. The fourth-order valence-corrected chi connectivity index (χ4v) is 4.52. The van der Waals surface area contributed by atoms with Crippen molar-refractivity contribution in [3.05, 3.63) is 59.4 Å². The Balaban J connectivity index is 1.88. The Morgan fingerprint density at radius 1 is 0.938 bits per heavy atom. The number of anilines is 2. The summed E-state index contributed by atoms with van der Waals surface area (Å²) in [5, 5.41) is 22.5. The van der Waals surface area contributed by atoms with Crippen LogP contribution in [0.3, 0.4) is 0 Å². The molecule has 0 aromatic carbocycles. The number of rotatable bonds is 12. The molecule has 4 heterocycles. The summed E-state index contributed by atoms with van der Waals surface area (Å²) in [6.07, 6.45) is 5.21. The van der Waals surface area contributed by atoms with Crippen LogP contribution in [0.4, 0.5) is 30.0 Å². The molecule has 16 nitrogen and oxygen atoms in total. The number of nitrogens with one attached hydrogen (secondary N) is 4. The Hall–Kier alpha value is -6.07. The summed E-state index contributed by atoms with van der Waals surface area (Å²) < 4.78 is 37.0. The third-order valence-corrected chi connectivity index (χ3v) is 6.86. The predicted octanol–water partition coefficient (Wildman–Crippen LogP) is 2.93. The van der Waals surface area contributed by atoms with Crippen molar-refractivity contribution in [3.63, 3.8) is 0 Å². The zero-order valence-electron chi connectivity index (χ0n) is 26.3. The molecule has 4 rings (SSSR count). The lowest BCUT2D eigenvalue weighted by molar-refractivity contribution is -0.140. The van der Waals surface area contributed by atoms with Crippen LogP contribution in [0.2, 0.25) is 0 Å². The number of carbonyl (C=O) groups excluding carboxylic acids is 3. The topological polar surface area (TPSA) is 246 Å². The van der Waals surface area contributed by atoms with Gasteiger partial charge in [-0.3, -0.25) is 24.7 Å². The summed E-state index contributed by atoms with van der Waals surface area (Å²) in [6.45, 7) is 3.79. The van der Waals surface area contributed by atoms with E-state index in [4.69, 9.17) is 22.3 Å². The molecule has 0 saturated carbocycles. The smallest absolute Gasteiger partial charge is 0.324 e.